The normalized spacial score (nSPS) is 24.6. The molecule has 1 fully saturated rings. The van der Waals surface area contributed by atoms with Crippen molar-refractivity contribution in [3.8, 4) is 5.75 Å². The summed E-state index contributed by atoms with van der Waals surface area (Å²) in [5.74, 6) is 1.79. The number of hydrogen-bond donors (Lipinski definition) is 1. The van der Waals surface area contributed by atoms with E-state index < -0.39 is 0 Å². The second-order valence-corrected chi connectivity index (χ2v) is 7.87. The minimum atomic E-state index is -0.257. The first kappa shape index (κ1) is 16.2. The summed E-state index contributed by atoms with van der Waals surface area (Å²) in [6.07, 6.45) is 4.77. The van der Waals surface area contributed by atoms with Crippen molar-refractivity contribution in [2.75, 3.05) is 37.8 Å². The Bertz CT molecular complexity index is 614. The van der Waals surface area contributed by atoms with Gasteiger partial charge in [-0.1, -0.05) is 6.92 Å². The molecule has 2 atom stereocenters. The minimum Gasteiger partial charge on any atom is -0.489 e. The second kappa shape index (κ2) is 6.55. The van der Waals surface area contributed by atoms with E-state index in [1.807, 2.05) is 6.92 Å². The molecule has 132 valence electrons. The molecule has 4 rings (SSSR count). The number of fused-ring (bicyclic) bond motifs is 2. The maximum atomic E-state index is 13.2. The van der Waals surface area contributed by atoms with Crippen molar-refractivity contribution in [2.45, 2.75) is 51.5 Å². The van der Waals surface area contributed by atoms with Crippen molar-refractivity contribution in [2.24, 2.45) is 5.92 Å². The molecule has 1 aromatic rings. The largest absolute Gasteiger partial charge is 0.489 e. The van der Waals surface area contributed by atoms with Crippen LogP contribution in [0.5, 0.6) is 5.75 Å². The fourth-order valence-electron chi connectivity index (χ4n) is 4.24. The number of anilines is 1. The topological polar surface area (TPSA) is 24.5 Å². The summed E-state index contributed by atoms with van der Waals surface area (Å²) in [7, 11) is 0. The number of nitrogens with one attached hydrogen (secondary N) is 1. The van der Waals surface area contributed by atoms with Crippen molar-refractivity contribution in [3.05, 3.63) is 22.8 Å². The fourth-order valence-corrected chi connectivity index (χ4v) is 4.24. The van der Waals surface area contributed by atoms with Crippen molar-refractivity contribution >= 4 is 5.69 Å². The van der Waals surface area contributed by atoms with Crippen LogP contribution in [0.2, 0.25) is 0 Å². The van der Waals surface area contributed by atoms with Crippen LogP contribution in [0, 0.1) is 5.92 Å². The van der Waals surface area contributed by atoms with Gasteiger partial charge < -0.3 is 15.0 Å². The highest BCUT2D eigenvalue weighted by molar-refractivity contribution is 5.71. The first-order chi connectivity index (χ1) is 11.7. The molecule has 3 nitrogen and oxygen atoms in total. The Balaban J connectivity index is 1.83. The van der Waals surface area contributed by atoms with E-state index in [-0.39, 0.29) is 12.6 Å². The molecule has 0 radical (unpaired) electrons. The van der Waals surface area contributed by atoms with Crippen LogP contribution in [-0.2, 0) is 12.8 Å². The summed E-state index contributed by atoms with van der Waals surface area (Å²) in [5.41, 5.74) is 5.84. The Morgan fingerprint density at radius 2 is 2.12 bits per heavy atom. The van der Waals surface area contributed by atoms with Crippen molar-refractivity contribution in [1.29, 1.82) is 0 Å². The highest BCUT2D eigenvalue weighted by Gasteiger charge is 2.37. The molecule has 0 unspecified atom stereocenters. The lowest BCUT2D eigenvalue weighted by molar-refractivity contribution is 0.260. The number of nitrogens with zero attached hydrogens (tertiary/aromatic N) is 1. The Labute approximate surface area is 144 Å². The van der Waals surface area contributed by atoms with E-state index in [4.69, 9.17) is 4.74 Å². The van der Waals surface area contributed by atoms with E-state index in [2.05, 4.69) is 23.2 Å². The van der Waals surface area contributed by atoms with E-state index in [0.29, 0.717) is 18.6 Å². The molecule has 1 aliphatic carbocycles. The zero-order valence-electron chi connectivity index (χ0n) is 14.9. The predicted octanol–water partition coefficient (Wildman–Crippen LogP) is 3.45. The van der Waals surface area contributed by atoms with Crippen LogP contribution < -0.4 is 15.0 Å². The van der Waals surface area contributed by atoms with E-state index in [9.17, 15) is 4.39 Å². The first-order valence-electron chi connectivity index (χ1n) is 9.53. The van der Waals surface area contributed by atoms with E-state index >= 15 is 0 Å². The van der Waals surface area contributed by atoms with E-state index in [1.165, 1.54) is 29.7 Å². The third kappa shape index (κ3) is 2.90. The second-order valence-electron chi connectivity index (χ2n) is 7.87. The van der Waals surface area contributed by atoms with Gasteiger partial charge in [0.25, 0.3) is 0 Å². The lowest BCUT2D eigenvalue weighted by Crippen LogP contribution is -2.44. The molecule has 0 spiro atoms. The van der Waals surface area contributed by atoms with Gasteiger partial charge in [-0.2, -0.15) is 0 Å². The number of benzene rings is 1. The molecule has 1 aromatic carbocycles. The molecule has 1 saturated carbocycles. The van der Waals surface area contributed by atoms with Crippen LogP contribution in [-0.4, -0.2) is 39.0 Å². The van der Waals surface area contributed by atoms with Gasteiger partial charge in [-0.3, -0.25) is 4.39 Å². The molecule has 4 heteroatoms. The van der Waals surface area contributed by atoms with Gasteiger partial charge in [0.1, 0.15) is 12.4 Å². The van der Waals surface area contributed by atoms with Gasteiger partial charge in [-0.15, -0.1) is 0 Å². The fraction of sp³-hybridized carbons (Fsp3) is 0.700. The Hall–Kier alpha value is -1.29. The quantitative estimate of drug-likeness (QED) is 0.914. The third-order valence-electron chi connectivity index (χ3n) is 5.69. The van der Waals surface area contributed by atoms with Crippen LogP contribution in [0.4, 0.5) is 10.1 Å². The van der Waals surface area contributed by atoms with Gasteiger partial charge in [0.2, 0.25) is 0 Å². The van der Waals surface area contributed by atoms with Crippen molar-refractivity contribution in [1.82, 2.24) is 5.32 Å². The molecule has 3 aliphatic rings. The minimum absolute atomic E-state index is 0.0610. The molecule has 0 bridgehead atoms. The molecule has 0 aromatic heterocycles. The highest BCUT2D eigenvalue weighted by Crippen LogP contribution is 2.52. The summed E-state index contributed by atoms with van der Waals surface area (Å²) in [6, 6.07) is 2.59. The van der Waals surface area contributed by atoms with Crippen LogP contribution in [0.1, 0.15) is 49.3 Å². The average Bonchev–Trinajstić information content (AvgIpc) is 3.42. The first-order valence-corrected chi connectivity index (χ1v) is 9.53. The maximum Gasteiger partial charge on any atom is 0.143 e. The molecule has 2 heterocycles. The number of alkyl halides is 1. The number of halogens is 1. The summed E-state index contributed by atoms with van der Waals surface area (Å²) in [4.78, 5) is 2.44. The summed E-state index contributed by atoms with van der Waals surface area (Å²) in [6.45, 7) is 7.55. The third-order valence-corrected chi connectivity index (χ3v) is 5.69. The molecular weight excluding hydrogens is 303 g/mol. The van der Waals surface area contributed by atoms with Gasteiger partial charge >= 0.3 is 0 Å². The number of ether oxygens (including phenoxy) is 1. The van der Waals surface area contributed by atoms with Gasteiger partial charge in [0, 0.05) is 12.5 Å². The summed E-state index contributed by atoms with van der Waals surface area (Å²) in [5, 5.41) is 3.53. The van der Waals surface area contributed by atoms with Gasteiger partial charge in [0.05, 0.1) is 18.4 Å². The monoisotopic (exact) mass is 332 g/mol. The number of rotatable bonds is 4. The molecule has 2 aliphatic heterocycles. The molecular formula is C20H29FN2O. The zero-order chi connectivity index (χ0) is 16.7. The highest BCUT2D eigenvalue weighted by atomic mass is 19.1. The molecule has 0 amide bonds. The van der Waals surface area contributed by atoms with Gasteiger partial charge in [-0.25, -0.2) is 0 Å². The Morgan fingerprint density at radius 1 is 1.33 bits per heavy atom. The Kier molecular flexibility index (Phi) is 4.42. The SMILES string of the molecule is C[C@H](CF)CN1c2c(cc3c(c2C2CC2)CCNCC3)OC[C@H]1C. The average molecular weight is 332 g/mol. The van der Waals surface area contributed by atoms with Crippen LogP contribution in [0.25, 0.3) is 0 Å². The Morgan fingerprint density at radius 3 is 2.88 bits per heavy atom. The summed E-state index contributed by atoms with van der Waals surface area (Å²) >= 11 is 0. The van der Waals surface area contributed by atoms with Crippen LogP contribution >= 0.6 is 0 Å². The van der Waals surface area contributed by atoms with E-state index in [1.54, 1.807) is 5.56 Å². The lowest BCUT2D eigenvalue weighted by Gasteiger charge is -2.40. The van der Waals surface area contributed by atoms with E-state index in [0.717, 1.165) is 38.2 Å². The smallest absolute Gasteiger partial charge is 0.143 e. The van der Waals surface area contributed by atoms with Crippen molar-refractivity contribution < 1.29 is 9.13 Å². The predicted molar refractivity (Wildman–Crippen MR) is 96.1 cm³/mol. The van der Waals surface area contributed by atoms with Gasteiger partial charge in [0.15, 0.2) is 0 Å². The number of hydrogen-bond acceptors (Lipinski definition) is 3. The van der Waals surface area contributed by atoms with Gasteiger partial charge in [-0.05, 0) is 74.4 Å². The van der Waals surface area contributed by atoms with Crippen LogP contribution in [0.3, 0.4) is 0 Å². The van der Waals surface area contributed by atoms with Crippen LogP contribution in [0.15, 0.2) is 6.07 Å². The molecule has 24 heavy (non-hydrogen) atoms. The van der Waals surface area contributed by atoms with Crippen molar-refractivity contribution in [3.63, 3.8) is 0 Å². The summed E-state index contributed by atoms with van der Waals surface area (Å²) < 4.78 is 19.3. The lowest BCUT2D eigenvalue weighted by atomic mass is 9.90. The molecule has 0 saturated heterocycles. The zero-order valence-corrected chi connectivity index (χ0v) is 14.9. The molecule has 1 N–H and O–H groups in total. The standard InChI is InChI=1S/C20H29FN2O/c1-13(10-21)11-23-14(2)12-24-18-9-16-5-7-22-8-6-17(16)19(20(18)23)15-3-4-15/h9,13-15,22H,3-8,10-12H2,1-2H3/t13-,14-/m1/s1. The maximum absolute atomic E-state index is 13.2.